The van der Waals surface area contributed by atoms with Gasteiger partial charge in [0, 0.05) is 22.7 Å². The van der Waals surface area contributed by atoms with Gasteiger partial charge in [-0.1, -0.05) is 171 Å². The number of nitrogens with zero attached hydrogens (tertiary/aromatic N) is 4. The van der Waals surface area contributed by atoms with E-state index in [0.29, 0.717) is 11.8 Å². The van der Waals surface area contributed by atoms with E-state index >= 15 is 0 Å². The van der Waals surface area contributed by atoms with E-state index in [9.17, 15) is 0 Å². The van der Waals surface area contributed by atoms with Crippen LogP contribution in [0, 0.1) is 0 Å². The Morgan fingerprint density at radius 2 is 0.547 bits per heavy atom. The van der Waals surface area contributed by atoms with E-state index < -0.39 is 0 Å². The SMILES string of the molecule is CC(C)c1ccc2c(c1)N(c1cccc(C(C)(C)C)c1)/C(=C1\N(c3cccc(C(C)(C)C)c3)c3ccc(C(C)C)cc3N1c1cccc(C(C)(C)C)c1)N2c1cccc(C(C)(C)C)c1. The molecule has 64 heavy (non-hydrogen) atoms. The molecular formula is C60H72N4. The first-order valence-corrected chi connectivity index (χ1v) is 23.6. The summed E-state index contributed by atoms with van der Waals surface area (Å²) in [5, 5.41) is 0. The number of fused-ring (bicyclic) bond motifs is 2. The zero-order valence-corrected chi connectivity index (χ0v) is 41.6. The van der Waals surface area contributed by atoms with Crippen molar-refractivity contribution in [3.8, 4) is 0 Å². The van der Waals surface area contributed by atoms with Gasteiger partial charge in [-0.3, -0.25) is 19.6 Å². The standard InChI is InChI=1S/C60H72N4/c1-39(2)41-29-31-51-53(33-41)63(49-27-19-23-45(37-49)59(11,12)13)55(61(51)47-25-17-21-43(35-47)57(5,6)7)56-62(48-26-18-22-44(36-48)58(8,9)10)52-32-30-42(40(3)4)34-54(52)64(56)50-28-20-24-46(38-50)60(14,15)16/h17-40H,1-16H3/b56-55+. The van der Waals surface area contributed by atoms with Gasteiger partial charge >= 0.3 is 0 Å². The summed E-state index contributed by atoms with van der Waals surface area (Å²) in [4.78, 5) is 10.3. The van der Waals surface area contributed by atoms with Crippen LogP contribution in [-0.2, 0) is 21.7 Å². The van der Waals surface area contributed by atoms with E-state index in [-0.39, 0.29) is 21.7 Å². The maximum atomic E-state index is 2.58. The summed E-state index contributed by atoms with van der Waals surface area (Å²) < 4.78 is 0. The van der Waals surface area contributed by atoms with E-state index in [0.717, 1.165) is 45.8 Å². The van der Waals surface area contributed by atoms with Crippen molar-refractivity contribution in [2.24, 2.45) is 0 Å². The molecule has 0 saturated heterocycles. The molecule has 0 spiro atoms. The molecule has 2 heterocycles. The lowest BCUT2D eigenvalue weighted by Crippen LogP contribution is -2.34. The molecule has 6 aromatic carbocycles. The molecule has 0 atom stereocenters. The van der Waals surface area contributed by atoms with Crippen LogP contribution in [-0.4, -0.2) is 0 Å². The average Bonchev–Trinajstić information content (AvgIpc) is 3.75. The van der Waals surface area contributed by atoms with Gasteiger partial charge in [0.2, 0.25) is 0 Å². The lowest BCUT2D eigenvalue weighted by molar-refractivity contribution is 0.590. The molecule has 2 aliphatic heterocycles. The van der Waals surface area contributed by atoms with E-state index in [1.807, 2.05) is 0 Å². The monoisotopic (exact) mass is 849 g/mol. The predicted octanol–water partition coefficient (Wildman–Crippen LogP) is 17.5. The fourth-order valence-corrected chi connectivity index (χ4v) is 9.08. The van der Waals surface area contributed by atoms with Gasteiger partial charge in [-0.05, 0) is 140 Å². The van der Waals surface area contributed by atoms with Crippen LogP contribution in [0.2, 0.25) is 0 Å². The zero-order chi connectivity index (χ0) is 46.3. The van der Waals surface area contributed by atoms with Crippen molar-refractivity contribution in [2.75, 3.05) is 19.6 Å². The zero-order valence-electron chi connectivity index (χ0n) is 41.6. The third kappa shape index (κ3) is 8.26. The van der Waals surface area contributed by atoms with Crippen molar-refractivity contribution in [1.82, 2.24) is 0 Å². The fourth-order valence-electron chi connectivity index (χ4n) is 9.08. The van der Waals surface area contributed by atoms with Gasteiger partial charge in [0.15, 0.2) is 11.6 Å². The topological polar surface area (TPSA) is 13.0 Å². The van der Waals surface area contributed by atoms with Crippen molar-refractivity contribution < 1.29 is 0 Å². The van der Waals surface area contributed by atoms with Gasteiger partial charge in [0.05, 0.1) is 22.7 Å². The van der Waals surface area contributed by atoms with Crippen LogP contribution in [0.1, 0.15) is 156 Å². The Morgan fingerprint density at radius 3 is 0.781 bits per heavy atom. The summed E-state index contributed by atoms with van der Waals surface area (Å²) in [6, 6.07) is 51.4. The van der Waals surface area contributed by atoms with Crippen molar-refractivity contribution in [1.29, 1.82) is 0 Å². The Hall–Kier alpha value is -5.74. The van der Waals surface area contributed by atoms with Crippen molar-refractivity contribution in [3.63, 3.8) is 0 Å². The second-order valence-corrected chi connectivity index (χ2v) is 23.0. The number of benzene rings is 6. The second kappa shape index (κ2) is 16.1. The van der Waals surface area contributed by atoms with Crippen LogP contribution in [0.3, 0.4) is 0 Å². The predicted molar refractivity (Wildman–Crippen MR) is 277 cm³/mol. The quantitative estimate of drug-likeness (QED) is 0.166. The molecule has 6 aromatic rings. The van der Waals surface area contributed by atoms with Gasteiger partial charge in [0.25, 0.3) is 0 Å². The number of anilines is 8. The Morgan fingerprint density at radius 1 is 0.297 bits per heavy atom. The third-order valence-electron chi connectivity index (χ3n) is 13.2. The summed E-state index contributed by atoms with van der Waals surface area (Å²) >= 11 is 0. The molecule has 0 fully saturated rings. The highest BCUT2D eigenvalue weighted by molar-refractivity contribution is 6.00. The first kappa shape index (κ1) is 44.9. The molecular weight excluding hydrogens is 777 g/mol. The van der Waals surface area contributed by atoms with Gasteiger partial charge < -0.3 is 0 Å². The van der Waals surface area contributed by atoms with Crippen LogP contribution < -0.4 is 19.6 Å². The highest BCUT2D eigenvalue weighted by atomic mass is 15.5. The molecule has 2 aliphatic rings. The highest BCUT2D eigenvalue weighted by Crippen LogP contribution is 2.58. The molecule has 0 unspecified atom stereocenters. The molecule has 0 radical (unpaired) electrons. The van der Waals surface area contributed by atoms with Crippen LogP contribution in [0.4, 0.5) is 45.5 Å². The van der Waals surface area contributed by atoms with E-state index in [4.69, 9.17) is 0 Å². The van der Waals surface area contributed by atoms with Crippen LogP contribution in [0.5, 0.6) is 0 Å². The first-order chi connectivity index (χ1) is 29.9. The normalized spacial score (nSPS) is 15.8. The largest absolute Gasteiger partial charge is 0.291 e. The molecule has 0 aromatic heterocycles. The molecule has 4 heteroatoms. The summed E-state index contributed by atoms with van der Waals surface area (Å²) in [5.41, 5.74) is 16.8. The number of hydrogen-bond acceptors (Lipinski definition) is 4. The van der Waals surface area contributed by atoms with Crippen molar-refractivity contribution in [3.05, 3.63) is 178 Å². The molecule has 0 aliphatic carbocycles. The van der Waals surface area contributed by atoms with Gasteiger partial charge in [-0.2, -0.15) is 0 Å². The summed E-state index contributed by atoms with van der Waals surface area (Å²) in [5.74, 6) is 2.86. The molecule has 332 valence electrons. The van der Waals surface area contributed by atoms with Crippen molar-refractivity contribution >= 4 is 45.5 Å². The van der Waals surface area contributed by atoms with E-state index in [1.165, 1.54) is 44.8 Å². The highest BCUT2D eigenvalue weighted by Gasteiger charge is 2.45. The maximum absolute atomic E-state index is 2.58. The molecule has 0 saturated carbocycles. The number of rotatable bonds is 6. The average molecular weight is 849 g/mol. The summed E-state index contributed by atoms with van der Waals surface area (Å²) in [6.07, 6.45) is 0. The van der Waals surface area contributed by atoms with Gasteiger partial charge in [-0.25, -0.2) is 0 Å². The number of hydrogen-bond donors (Lipinski definition) is 0. The Bertz CT molecular complexity index is 2550. The Balaban J connectivity index is 1.60. The first-order valence-electron chi connectivity index (χ1n) is 23.6. The van der Waals surface area contributed by atoms with E-state index in [2.05, 4.69) is 264 Å². The van der Waals surface area contributed by atoms with Gasteiger partial charge in [-0.15, -0.1) is 0 Å². The minimum absolute atomic E-state index is 0.0518. The minimum atomic E-state index is -0.0535. The minimum Gasteiger partial charge on any atom is -0.291 e. The summed E-state index contributed by atoms with van der Waals surface area (Å²) in [7, 11) is 0. The third-order valence-corrected chi connectivity index (χ3v) is 13.2. The Kier molecular flexibility index (Phi) is 11.2. The smallest absolute Gasteiger partial charge is 0.166 e. The van der Waals surface area contributed by atoms with Crippen LogP contribution >= 0.6 is 0 Å². The van der Waals surface area contributed by atoms with E-state index in [1.54, 1.807) is 0 Å². The molecule has 0 bridgehead atoms. The van der Waals surface area contributed by atoms with Gasteiger partial charge in [0.1, 0.15) is 0 Å². The molecule has 0 amide bonds. The maximum Gasteiger partial charge on any atom is 0.166 e. The van der Waals surface area contributed by atoms with Crippen LogP contribution in [0.15, 0.2) is 145 Å². The second-order valence-electron chi connectivity index (χ2n) is 23.0. The molecule has 8 rings (SSSR count). The Labute approximate surface area is 386 Å². The molecule has 0 N–H and O–H groups in total. The van der Waals surface area contributed by atoms with Crippen molar-refractivity contribution in [2.45, 2.75) is 144 Å². The fraction of sp³-hybridized carbons (Fsp3) is 0.367. The lowest BCUT2D eigenvalue weighted by Gasteiger charge is -2.35. The molecule has 4 nitrogen and oxygen atoms in total. The van der Waals surface area contributed by atoms with Crippen LogP contribution in [0.25, 0.3) is 0 Å². The lowest BCUT2D eigenvalue weighted by atomic mass is 9.86. The summed E-state index contributed by atoms with van der Waals surface area (Å²) in [6.45, 7) is 37.0.